The average molecular weight is 212 g/mol. The Balaban J connectivity index is 3.07. The van der Waals surface area contributed by atoms with Crippen LogP contribution in [0.5, 0.6) is 5.75 Å². The predicted octanol–water partition coefficient (Wildman–Crippen LogP) is 2.81. The summed E-state index contributed by atoms with van der Waals surface area (Å²) in [5.74, 6) is 0.102. The van der Waals surface area contributed by atoms with Crippen LogP contribution in [0, 0.1) is 6.92 Å². The fourth-order valence-corrected chi connectivity index (χ4v) is 1.20. The molecule has 1 aromatic rings. The first-order valence-corrected chi connectivity index (χ1v) is 4.31. The fraction of sp³-hybridized carbons (Fsp3) is 0.182. The lowest BCUT2D eigenvalue weighted by Crippen LogP contribution is -2.04. The van der Waals surface area contributed by atoms with Gasteiger partial charge in [-0.1, -0.05) is 18.2 Å². The molecule has 0 atom stereocenters. The molecule has 0 saturated carbocycles. The molecule has 1 rings (SSSR count). The van der Waals surface area contributed by atoms with Gasteiger partial charge in [0, 0.05) is 5.56 Å². The summed E-state index contributed by atoms with van der Waals surface area (Å²) in [6, 6.07) is 4.97. The van der Waals surface area contributed by atoms with Gasteiger partial charge in [0.05, 0.1) is 0 Å². The maximum atomic E-state index is 12.1. The first-order valence-electron chi connectivity index (χ1n) is 4.31. The summed E-state index contributed by atoms with van der Waals surface area (Å²) in [4.78, 5) is 10.1. The zero-order valence-electron chi connectivity index (χ0n) is 8.11. The van der Waals surface area contributed by atoms with Gasteiger partial charge in [0.1, 0.15) is 12.0 Å². The van der Waals surface area contributed by atoms with Crippen molar-refractivity contribution in [2.75, 3.05) is 0 Å². The molecule has 1 aromatic carbocycles. The van der Waals surface area contributed by atoms with E-state index in [2.05, 4.69) is 4.74 Å². The largest absolute Gasteiger partial charge is 0.434 e. The Hall–Kier alpha value is -1.71. The number of benzene rings is 1. The zero-order valence-corrected chi connectivity index (χ0v) is 8.11. The SMILES string of the molecule is Cc1cccc(/C=C/C=O)c1OC(F)F. The Kier molecular flexibility index (Phi) is 3.97. The van der Waals surface area contributed by atoms with Gasteiger partial charge in [-0.3, -0.25) is 4.79 Å². The van der Waals surface area contributed by atoms with Crippen molar-refractivity contribution in [1.82, 2.24) is 0 Å². The van der Waals surface area contributed by atoms with Gasteiger partial charge >= 0.3 is 6.61 Å². The maximum Gasteiger partial charge on any atom is 0.387 e. The van der Waals surface area contributed by atoms with Crippen LogP contribution in [0.15, 0.2) is 24.3 Å². The number of aryl methyl sites for hydroxylation is 1. The molecule has 0 heterocycles. The quantitative estimate of drug-likeness (QED) is 0.566. The topological polar surface area (TPSA) is 26.3 Å². The highest BCUT2D eigenvalue weighted by Crippen LogP contribution is 2.26. The molecule has 2 nitrogen and oxygen atoms in total. The molecule has 0 N–H and O–H groups in total. The highest BCUT2D eigenvalue weighted by Gasteiger charge is 2.10. The number of carbonyl (C=O) groups is 1. The molecule has 0 aliphatic heterocycles. The summed E-state index contributed by atoms with van der Waals surface area (Å²) in [6.45, 7) is -1.20. The first-order chi connectivity index (χ1) is 7.15. The van der Waals surface area contributed by atoms with E-state index in [4.69, 9.17) is 0 Å². The molecule has 0 amide bonds. The van der Waals surface area contributed by atoms with Gasteiger partial charge in [0.2, 0.25) is 0 Å². The van der Waals surface area contributed by atoms with E-state index < -0.39 is 6.61 Å². The third-order valence-corrected chi connectivity index (χ3v) is 1.80. The molecule has 0 unspecified atom stereocenters. The van der Waals surface area contributed by atoms with Gasteiger partial charge < -0.3 is 4.74 Å². The molecule has 15 heavy (non-hydrogen) atoms. The van der Waals surface area contributed by atoms with Crippen LogP contribution in [0.4, 0.5) is 8.78 Å². The molecule has 0 aromatic heterocycles. The number of carbonyl (C=O) groups excluding carboxylic acids is 1. The Morgan fingerprint density at radius 3 is 2.73 bits per heavy atom. The van der Waals surface area contributed by atoms with Crippen molar-refractivity contribution in [3.05, 3.63) is 35.4 Å². The van der Waals surface area contributed by atoms with Crippen molar-refractivity contribution < 1.29 is 18.3 Å². The predicted molar refractivity (Wildman–Crippen MR) is 52.9 cm³/mol. The second-order valence-electron chi connectivity index (χ2n) is 2.87. The second kappa shape index (κ2) is 5.24. The summed E-state index contributed by atoms with van der Waals surface area (Å²) in [6.07, 6.45) is 3.24. The second-order valence-corrected chi connectivity index (χ2v) is 2.87. The third-order valence-electron chi connectivity index (χ3n) is 1.80. The Labute approximate surface area is 86.2 Å². The number of allylic oxidation sites excluding steroid dienone is 1. The minimum atomic E-state index is -2.87. The summed E-state index contributed by atoms with van der Waals surface area (Å²) in [7, 11) is 0. The highest BCUT2D eigenvalue weighted by atomic mass is 19.3. The third kappa shape index (κ3) is 3.16. The van der Waals surface area contributed by atoms with Gasteiger partial charge in [0.15, 0.2) is 0 Å². The van der Waals surface area contributed by atoms with Gasteiger partial charge in [-0.25, -0.2) is 0 Å². The molecule has 0 spiro atoms. The smallest absolute Gasteiger partial charge is 0.387 e. The number of rotatable bonds is 4. The van der Waals surface area contributed by atoms with Crippen molar-refractivity contribution in [3.8, 4) is 5.75 Å². The number of alkyl halides is 2. The molecule has 0 aliphatic carbocycles. The fourth-order valence-electron chi connectivity index (χ4n) is 1.20. The Morgan fingerprint density at radius 2 is 2.13 bits per heavy atom. The number of para-hydroxylation sites is 1. The molecule has 0 saturated heterocycles. The lowest BCUT2D eigenvalue weighted by Gasteiger charge is -2.10. The molecule has 0 bridgehead atoms. The van der Waals surface area contributed by atoms with E-state index in [0.717, 1.165) is 0 Å². The van der Waals surface area contributed by atoms with Crippen LogP contribution < -0.4 is 4.74 Å². The van der Waals surface area contributed by atoms with E-state index in [1.807, 2.05) is 0 Å². The van der Waals surface area contributed by atoms with E-state index >= 15 is 0 Å². The van der Waals surface area contributed by atoms with Gasteiger partial charge in [-0.15, -0.1) is 0 Å². The van der Waals surface area contributed by atoms with Crippen LogP contribution in [0.1, 0.15) is 11.1 Å². The summed E-state index contributed by atoms with van der Waals surface area (Å²) in [5.41, 5.74) is 1.06. The number of hydrogen-bond acceptors (Lipinski definition) is 2. The van der Waals surface area contributed by atoms with Crippen molar-refractivity contribution in [3.63, 3.8) is 0 Å². The maximum absolute atomic E-state index is 12.1. The number of hydrogen-bond donors (Lipinski definition) is 0. The Bertz CT molecular complexity index is 373. The monoisotopic (exact) mass is 212 g/mol. The van der Waals surface area contributed by atoms with Crippen LogP contribution >= 0.6 is 0 Å². The van der Waals surface area contributed by atoms with Crippen LogP contribution in [0.25, 0.3) is 6.08 Å². The average Bonchev–Trinajstić information content (AvgIpc) is 2.18. The summed E-state index contributed by atoms with van der Waals surface area (Å²) >= 11 is 0. The van der Waals surface area contributed by atoms with Crippen molar-refractivity contribution >= 4 is 12.4 Å². The van der Waals surface area contributed by atoms with Gasteiger partial charge in [0.25, 0.3) is 0 Å². The van der Waals surface area contributed by atoms with E-state index in [1.165, 1.54) is 12.2 Å². The van der Waals surface area contributed by atoms with Gasteiger partial charge in [-0.2, -0.15) is 8.78 Å². The Morgan fingerprint density at radius 1 is 1.40 bits per heavy atom. The molecule has 80 valence electrons. The minimum Gasteiger partial charge on any atom is -0.434 e. The van der Waals surface area contributed by atoms with Crippen LogP contribution in [0.3, 0.4) is 0 Å². The van der Waals surface area contributed by atoms with E-state index in [9.17, 15) is 13.6 Å². The standard InChI is InChI=1S/C11H10F2O2/c1-8-4-2-5-9(6-3-7-14)10(8)15-11(12)13/h2-7,11H,1H3/b6-3+. The van der Waals surface area contributed by atoms with E-state index in [1.54, 1.807) is 25.1 Å². The van der Waals surface area contributed by atoms with Crippen LogP contribution in [0.2, 0.25) is 0 Å². The van der Waals surface area contributed by atoms with Crippen LogP contribution in [-0.2, 0) is 4.79 Å². The molecule has 0 aliphatic rings. The lowest BCUT2D eigenvalue weighted by atomic mass is 10.1. The van der Waals surface area contributed by atoms with Crippen molar-refractivity contribution in [2.45, 2.75) is 13.5 Å². The lowest BCUT2D eigenvalue weighted by molar-refractivity contribution is -0.104. The minimum absolute atomic E-state index is 0.102. The van der Waals surface area contributed by atoms with Crippen molar-refractivity contribution in [2.24, 2.45) is 0 Å². The normalized spacial score (nSPS) is 10.9. The molecular weight excluding hydrogens is 202 g/mol. The molecular formula is C11H10F2O2. The van der Waals surface area contributed by atoms with Crippen molar-refractivity contribution in [1.29, 1.82) is 0 Å². The van der Waals surface area contributed by atoms with Gasteiger partial charge in [-0.05, 0) is 24.6 Å². The molecule has 0 radical (unpaired) electrons. The van der Waals surface area contributed by atoms with E-state index in [-0.39, 0.29) is 5.75 Å². The first kappa shape index (κ1) is 11.4. The summed E-state index contributed by atoms with van der Waals surface area (Å²) < 4.78 is 28.5. The van der Waals surface area contributed by atoms with E-state index in [0.29, 0.717) is 17.4 Å². The molecule has 0 fully saturated rings. The number of ether oxygens (including phenoxy) is 1. The van der Waals surface area contributed by atoms with Crippen LogP contribution in [-0.4, -0.2) is 12.9 Å². The number of halogens is 2. The highest BCUT2D eigenvalue weighted by molar-refractivity contribution is 5.75. The zero-order chi connectivity index (χ0) is 11.3. The summed E-state index contributed by atoms with van der Waals surface area (Å²) in [5, 5.41) is 0. The number of aldehydes is 1. The molecule has 4 heteroatoms.